The quantitative estimate of drug-likeness (QED) is 0.191. The van der Waals surface area contributed by atoms with E-state index in [-0.39, 0.29) is 47.1 Å². The number of piperidine rings is 1. The maximum atomic E-state index is 12.7. The minimum atomic E-state index is -0.307. The van der Waals surface area contributed by atoms with Gasteiger partial charge in [-0.15, -0.1) is 24.0 Å². The van der Waals surface area contributed by atoms with Gasteiger partial charge in [0.25, 0.3) is 0 Å². The number of nitrogens with one attached hydrogen (secondary N) is 2. The van der Waals surface area contributed by atoms with E-state index in [4.69, 9.17) is 5.73 Å². The highest BCUT2D eigenvalue weighted by Gasteiger charge is 2.42. The molecular weight excluding hydrogens is 483 g/mol. The Morgan fingerprint density at radius 1 is 1.21 bits per heavy atom. The maximum absolute atomic E-state index is 12.7. The van der Waals surface area contributed by atoms with Crippen LogP contribution in [-0.2, 0) is 9.59 Å². The summed E-state index contributed by atoms with van der Waals surface area (Å²) in [5, 5.41) is 6.71. The molecule has 1 unspecified atom stereocenters. The van der Waals surface area contributed by atoms with Crippen molar-refractivity contribution in [2.45, 2.75) is 44.9 Å². The van der Waals surface area contributed by atoms with Gasteiger partial charge in [-0.2, -0.15) is 0 Å². The number of amides is 2. The van der Waals surface area contributed by atoms with E-state index < -0.39 is 0 Å². The summed E-state index contributed by atoms with van der Waals surface area (Å²) in [5.74, 6) is 0.766. The van der Waals surface area contributed by atoms with Crippen LogP contribution in [0.2, 0.25) is 0 Å². The molecule has 29 heavy (non-hydrogen) atoms. The third-order valence-corrected chi connectivity index (χ3v) is 6.09. The summed E-state index contributed by atoms with van der Waals surface area (Å²) in [5.41, 5.74) is 5.14. The molecule has 2 rings (SSSR count). The van der Waals surface area contributed by atoms with E-state index in [0.29, 0.717) is 6.54 Å². The minimum absolute atomic E-state index is 0. The number of likely N-dealkylation sites (tertiary alicyclic amines) is 1. The molecule has 1 saturated heterocycles. The minimum Gasteiger partial charge on any atom is -0.369 e. The highest BCUT2D eigenvalue weighted by atomic mass is 127. The summed E-state index contributed by atoms with van der Waals surface area (Å²) in [7, 11) is 5.42. The van der Waals surface area contributed by atoms with Gasteiger partial charge < -0.3 is 26.2 Å². The second-order valence-electron chi connectivity index (χ2n) is 8.44. The number of primary amides is 1. The Labute approximate surface area is 192 Å². The Bertz CT molecular complexity index is 563. The number of hydrogen-bond acceptors (Lipinski definition) is 4. The van der Waals surface area contributed by atoms with Crippen molar-refractivity contribution in [1.29, 1.82) is 0 Å². The van der Waals surface area contributed by atoms with Crippen molar-refractivity contribution in [3.05, 3.63) is 0 Å². The van der Waals surface area contributed by atoms with E-state index in [1.807, 2.05) is 14.1 Å². The number of carbonyl (C=O) groups is 2. The molecule has 2 amide bonds. The zero-order chi connectivity index (χ0) is 20.6. The molecule has 0 radical (unpaired) electrons. The Morgan fingerprint density at radius 3 is 2.48 bits per heavy atom. The SMILES string of the molecule is CN=C(NCCCN1CCCC(C(N)=O)C1)NCC1(C(=O)N(C)C)CCCC1.I. The number of guanidine groups is 1. The molecule has 0 spiro atoms. The van der Waals surface area contributed by atoms with E-state index in [0.717, 1.165) is 77.1 Å². The van der Waals surface area contributed by atoms with Crippen LogP contribution in [0, 0.1) is 11.3 Å². The fourth-order valence-electron chi connectivity index (χ4n) is 4.47. The van der Waals surface area contributed by atoms with Crippen LogP contribution >= 0.6 is 24.0 Å². The van der Waals surface area contributed by atoms with Crippen molar-refractivity contribution in [2.75, 3.05) is 53.9 Å². The van der Waals surface area contributed by atoms with Crippen molar-refractivity contribution in [3.63, 3.8) is 0 Å². The molecule has 0 bridgehead atoms. The molecule has 1 heterocycles. The number of rotatable bonds is 8. The fraction of sp³-hybridized carbons (Fsp3) is 0.850. The zero-order valence-electron chi connectivity index (χ0n) is 18.2. The van der Waals surface area contributed by atoms with Gasteiger partial charge in [0, 0.05) is 40.8 Å². The highest BCUT2D eigenvalue weighted by molar-refractivity contribution is 14.0. The van der Waals surface area contributed by atoms with Crippen LogP contribution in [0.5, 0.6) is 0 Å². The molecule has 168 valence electrons. The van der Waals surface area contributed by atoms with E-state index in [1.54, 1.807) is 11.9 Å². The monoisotopic (exact) mass is 522 g/mol. The maximum Gasteiger partial charge on any atom is 0.230 e. The molecule has 4 N–H and O–H groups in total. The topological polar surface area (TPSA) is 103 Å². The molecular formula is C20H39IN6O2. The summed E-state index contributed by atoms with van der Waals surface area (Å²) in [4.78, 5) is 32.4. The Hall–Kier alpha value is -1.10. The van der Waals surface area contributed by atoms with Crippen molar-refractivity contribution >= 4 is 41.8 Å². The van der Waals surface area contributed by atoms with Gasteiger partial charge in [0.1, 0.15) is 0 Å². The predicted molar refractivity (Wildman–Crippen MR) is 127 cm³/mol. The summed E-state index contributed by atoms with van der Waals surface area (Å²) < 4.78 is 0. The van der Waals surface area contributed by atoms with Gasteiger partial charge in [0.15, 0.2) is 5.96 Å². The van der Waals surface area contributed by atoms with Crippen LogP contribution in [-0.4, -0.2) is 81.4 Å². The first kappa shape index (κ1) is 25.9. The van der Waals surface area contributed by atoms with Crippen LogP contribution in [0.1, 0.15) is 44.9 Å². The molecule has 2 aliphatic rings. The third kappa shape index (κ3) is 7.58. The number of aliphatic imine (C=N–C) groups is 1. The largest absolute Gasteiger partial charge is 0.369 e. The molecule has 1 aliphatic carbocycles. The zero-order valence-corrected chi connectivity index (χ0v) is 20.5. The number of carbonyl (C=O) groups excluding carboxylic acids is 2. The summed E-state index contributed by atoms with van der Waals surface area (Å²) in [6.07, 6.45) is 6.99. The van der Waals surface area contributed by atoms with Gasteiger partial charge in [-0.05, 0) is 45.2 Å². The lowest BCUT2D eigenvalue weighted by molar-refractivity contribution is -0.138. The van der Waals surface area contributed by atoms with Crippen LogP contribution in [0.3, 0.4) is 0 Å². The van der Waals surface area contributed by atoms with Crippen LogP contribution in [0.4, 0.5) is 0 Å². The van der Waals surface area contributed by atoms with Gasteiger partial charge in [0.05, 0.1) is 11.3 Å². The van der Waals surface area contributed by atoms with E-state index in [1.165, 1.54) is 0 Å². The summed E-state index contributed by atoms with van der Waals surface area (Å²) in [6, 6.07) is 0. The van der Waals surface area contributed by atoms with Gasteiger partial charge in [-0.25, -0.2) is 0 Å². The smallest absolute Gasteiger partial charge is 0.230 e. The van der Waals surface area contributed by atoms with Crippen LogP contribution < -0.4 is 16.4 Å². The molecule has 1 saturated carbocycles. The van der Waals surface area contributed by atoms with Crippen molar-refractivity contribution in [3.8, 4) is 0 Å². The van der Waals surface area contributed by atoms with Crippen LogP contribution in [0.15, 0.2) is 4.99 Å². The first-order valence-corrected chi connectivity index (χ1v) is 10.6. The number of nitrogens with two attached hydrogens (primary N) is 1. The molecule has 2 fully saturated rings. The normalized spacial score (nSPS) is 21.9. The molecule has 0 aromatic rings. The molecule has 0 aromatic heterocycles. The van der Waals surface area contributed by atoms with E-state index >= 15 is 0 Å². The first-order valence-electron chi connectivity index (χ1n) is 10.6. The van der Waals surface area contributed by atoms with E-state index in [2.05, 4.69) is 20.5 Å². The average Bonchev–Trinajstić information content (AvgIpc) is 3.17. The first-order chi connectivity index (χ1) is 13.4. The van der Waals surface area contributed by atoms with Crippen molar-refractivity contribution < 1.29 is 9.59 Å². The molecule has 1 aliphatic heterocycles. The Balaban J connectivity index is 0.00000420. The molecule has 9 heteroatoms. The number of halogens is 1. The lowest BCUT2D eigenvalue weighted by Gasteiger charge is -2.32. The second kappa shape index (κ2) is 12.6. The standard InChI is InChI=1S/C20H38N6O2.HI/c1-22-19(24-15-20(9-4-5-10-20)18(28)25(2)3)23-11-7-13-26-12-6-8-16(14-26)17(21)27;/h16H,4-15H2,1-3H3,(H2,21,27)(H2,22,23,24);1H. The van der Waals surface area contributed by atoms with Crippen molar-refractivity contribution in [1.82, 2.24) is 20.4 Å². The van der Waals surface area contributed by atoms with Gasteiger partial charge in [-0.1, -0.05) is 12.8 Å². The van der Waals surface area contributed by atoms with Gasteiger partial charge in [-0.3, -0.25) is 14.6 Å². The number of hydrogen-bond donors (Lipinski definition) is 3. The summed E-state index contributed by atoms with van der Waals surface area (Å²) >= 11 is 0. The van der Waals surface area contributed by atoms with Gasteiger partial charge >= 0.3 is 0 Å². The second-order valence-corrected chi connectivity index (χ2v) is 8.44. The van der Waals surface area contributed by atoms with Gasteiger partial charge in [0.2, 0.25) is 11.8 Å². The van der Waals surface area contributed by atoms with Crippen molar-refractivity contribution in [2.24, 2.45) is 22.1 Å². The predicted octanol–water partition coefficient (Wildman–Crippen LogP) is 1.01. The number of nitrogens with zero attached hydrogens (tertiary/aromatic N) is 3. The lowest BCUT2D eigenvalue weighted by atomic mass is 9.84. The lowest BCUT2D eigenvalue weighted by Crippen LogP contribution is -2.49. The molecule has 8 nitrogen and oxygen atoms in total. The molecule has 0 aromatic carbocycles. The fourth-order valence-corrected chi connectivity index (χ4v) is 4.47. The molecule has 1 atom stereocenters. The highest BCUT2D eigenvalue weighted by Crippen LogP contribution is 2.38. The Kier molecular flexibility index (Phi) is 11.2. The average molecular weight is 522 g/mol. The van der Waals surface area contributed by atoms with Crippen LogP contribution in [0.25, 0.3) is 0 Å². The summed E-state index contributed by atoms with van der Waals surface area (Å²) in [6.45, 7) is 4.17. The van der Waals surface area contributed by atoms with E-state index in [9.17, 15) is 9.59 Å². The third-order valence-electron chi connectivity index (χ3n) is 6.09. The Morgan fingerprint density at radius 2 is 1.90 bits per heavy atom.